The molecule has 0 amide bonds. The van der Waals surface area contributed by atoms with E-state index in [4.69, 9.17) is 0 Å². The number of rotatable bonds is 18. The van der Waals surface area contributed by atoms with Gasteiger partial charge in [0.05, 0.1) is 15.3 Å². The molecule has 0 fully saturated rings. The molecule has 34 heavy (non-hydrogen) atoms. The maximum Gasteiger partial charge on any atom is 0.0922 e. The standard InChI is InChI=1S/C31H50N2Si/c1-6-10-23-32(24-11-7-2)31(33(25-12-8-3)26-13-9-4)34-30-21-19-29(20-22-30)27(5)28-17-15-14-16-18-28/h14-22,31H,5-13,23-26,34H2,1-4H3. The van der Waals surface area contributed by atoms with Crippen LogP contribution in [0.5, 0.6) is 0 Å². The second-order valence-electron chi connectivity index (χ2n) is 9.71. The van der Waals surface area contributed by atoms with Gasteiger partial charge >= 0.3 is 0 Å². The summed E-state index contributed by atoms with van der Waals surface area (Å²) in [7, 11) is -0.485. The Morgan fingerprint density at radius 3 is 1.47 bits per heavy atom. The average molecular weight is 479 g/mol. The third-order valence-electron chi connectivity index (χ3n) is 6.88. The molecule has 0 saturated heterocycles. The van der Waals surface area contributed by atoms with Gasteiger partial charge in [-0.15, -0.1) is 0 Å². The predicted molar refractivity (Wildman–Crippen MR) is 156 cm³/mol. The molecular formula is C31H50N2Si. The summed E-state index contributed by atoms with van der Waals surface area (Å²) in [6.45, 7) is 18.7. The summed E-state index contributed by atoms with van der Waals surface area (Å²) in [4.78, 5) is 5.72. The number of unbranched alkanes of at least 4 members (excludes halogenated alkanes) is 4. The van der Waals surface area contributed by atoms with Gasteiger partial charge in [-0.1, -0.05) is 120 Å². The first-order valence-corrected chi connectivity index (χ1v) is 15.5. The molecule has 0 bridgehead atoms. The van der Waals surface area contributed by atoms with Gasteiger partial charge in [-0.2, -0.15) is 0 Å². The van der Waals surface area contributed by atoms with Crippen molar-refractivity contribution in [3.05, 3.63) is 72.3 Å². The van der Waals surface area contributed by atoms with Crippen LogP contribution >= 0.6 is 0 Å². The lowest BCUT2D eigenvalue weighted by Gasteiger charge is -2.40. The third kappa shape index (κ3) is 9.52. The molecule has 0 N–H and O–H groups in total. The highest BCUT2D eigenvalue weighted by Crippen LogP contribution is 2.20. The van der Waals surface area contributed by atoms with Crippen molar-refractivity contribution >= 4 is 20.3 Å². The minimum Gasteiger partial charge on any atom is -0.291 e. The lowest BCUT2D eigenvalue weighted by Crippen LogP contribution is -2.55. The lowest BCUT2D eigenvalue weighted by atomic mass is 10.00. The zero-order chi connectivity index (χ0) is 24.6. The first-order valence-electron chi connectivity index (χ1n) is 14.0. The van der Waals surface area contributed by atoms with Gasteiger partial charge in [-0.25, -0.2) is 0 Å². The number of benzene rings is 2. The Morgan fingerprint density at radius 1 is 0.647 bits per heavy atom. The van der Waals surface area contributed by atoms with E-state index in [0.717, 1.165) is 5.57 Å². The Morgan fingerprint density at radius 2 is 1.06 bits per heavy atom. The first-order chi connectivity index (χ1) is 16.6. The van der Waals surface area contributed by atoms with Crippen molar-refractivity contribution in [1.29, 1.82) is 0 Å². The molecule has 2 aromatic rings. The maximum atomic E-state index is 4.37. The Kier molecular flexibility index (Phi) is 14.2. The van der Waals surface area contributed by atoms with Crippen LogP contribution in [0.2, 0.25) is 0 Å². The Labute approximate surface area is 213 Å². The van der Waals surface area contributed by atoms with E-state index in [1.54, 1.807) is 5.19 Å². The second-order valence-corrected chi connectivity index (χ2v) is 11.7. The summed E-state index contributed by atoms with van der Waals surface area (Å²) in [5.41, 5.74) is 3.56. The van der Waals surface area contributed by atoms with Crippen molar-refractivity contribution in [3.8, 4) is 0 Å². The second kappa shape index (κ2) is 16.9. The summed E-state index contributed by atoms with van der Waals surface area (Å²) in [5, 5.41) is 1.57. The van der Waals surface area contributed by atoms with Gasteiger partial charge in [-0.3, -0.25) is 9.80 Å². The highest BCUT2D eigenvalue weighted by atomic mass is 28.2. The topological polar surface area (TPSA) is 6.48 Å². The molecule has 0 aliphatic carbocycles. The fourth-order valence-corrected chi connectivity index (χ4v) is 6.79. The largest absolute Gasteiger partial charge is 0.291 e. The minimum absolute atomic E-state index is 0.485. The van der Waals surface area contributed by atoms with Crippen LogP contribution in [0, 0.1) is 0 Å². The Bertz CT molecular complexity index is 751. The van der Waals surface area contributed by atoms with Crippen LogP contribution in [-0.4, -0.2) is 51.3 Å². The van der Waals surface area contributed by atoms with E-state index in [-0.39, 0.29) is 0 Å². The summed E-state index contributed by atoms with van der Waals surface area (Å²) in [6.07, 6.45) is 10.3. The maximum absolute atomic E-state index is 4.37. The van der Waals surface area contributed by atoms with Crippen LogP contribution in [0.3, 0.4) is 0 Å². The summed E-state index contributed by atoms with van der Waals surface area (Å²) < 4.78 is 0. The van der Waals surface area contributed by atoms with Crippen LogP contribution in [-0.2, 0) is 0 Å². The SMILES string of the molecule is C=C(c1ccccc1)c1ccc([SiH2]C(N(CCCC)CCCC)N(CCCC)CCCC)cc1. The quantitative estimate of drug-likeness (QED) is 0.175. The van der Waals surface area contributed by atoms with Gasteiger partial charge in [-0.05, 0) is 68.6 Å². The third-order valence-corrected chi connectivity index (χ3v) is 9.22. The first kappa shape index (κ1) is 28.6. The molecule has 0 aliphatic heterocycles. The summed E-state index contributed by atoms with van der Waals surface area (Å²) in [6, 6.07) is 20.0. The lowest BCUT2D eigenvalue weighted by molar-refractivity contribution is 0.0911. The molecule has 0 saturated carbocycles. The molecule has 2 rings (SSSR count). The van der Waals surface area contributed by atoms with E-state index < -0.39 is 9.52 Å². The predicted octanol–water partition coefficient (Wildman–Crippen LogP) is 6.63. The zero-order valence-electron chi connectivity index (χ0n) is 22.6. The number of hydrogen-bond acceptors (Lipinski definition) is 2. The van der Waals surface area contributed by atoms with Crippen molar-refractivity contribution in [2.45, 2.75) is 84.9 Å². The molecule has 0 heterocycles. The van der Waals surface area contributed by atoms with Crippen LogP contribution in [0.25, 0.3) is 5.57 Å². The van der Waals surface area contributed by atoms with E-state index in [9.17, 15) is 0 Å². The Hall–Kier alpha value is -1.68. The van der Waals surface area contributed by atoms with Crippen LogP contribution in [0.15, 0.2) is 61.2 Å². The van der Waals surface area contributed by atoms with Crippen molar-refractivity contribution < 1.29 is 0 Å². The molecule has 0 aliphatic rings. The van der Waals surface area contributed by atoms with Crippen LogP contribution < -0.4 is 5.19 Å². The van der Waals surface area contributed by atoms with Crippen molar-refractivity contribution in [2.24, 2.45) is 0 Å². The van der Waals surface area contributed by atoms with E-state index in [1.165, 1.54) is 88.7 Å². The van der Waals surface area contributed by atoms with Crippen molar-refractivity contribution in [1.82, 2.24) is 9.80 Å². The van der Waals surface area contributed by atoms with Gasteiger partial charge in [0.1, 0.15) is 0 Å². The summed E-state index contributed by atoms with van der Waals surface area (Å²) in [5.74, 6) is 0.624. The average Bonchev–Trinajstić information content (AvgIpc) is 2.88. The van der Waals surface area contributed by atoms with Gasteiger partial charge in [0.25, 0.3) is 0 Å². The number of hydrogen-bond donors (Lipinski definition) is 0. The van der Waals surface area contributed by atoms with E-state index in [2.05, 4.69) is 98.7 Å². The molecule has 0 radical (unpaired) electrons. The highest BCUT2D eigenvalue weighted by molar-refractivity contribution is 6.54. The molecule has 2 aromatic carbocycles. The highest BCUT2D eigenvalue weighted by Gasteiger charge is 2.25. The number of nitrogens with zero attached hydrogens (tertiary/aromatic N) is 2. The molecule has 0 atom stereocenters. The fraction of sp³-hybridized carbons (Fsp3) is 0.548. The van der Waals surface area contributed by atoms with Gasteiger partial charge in [0.15, 0.2) is 0 Å². The fourth-order valence-electron chi connectivity index (χ4n) is 4.61. The summed E-state index contributed by atoms with van der Waals surface area (Å²) >= 11 is 0. The molecular weight excluding hydrogens is 428 g/mol. The van der Waals surface area contributed by atoms with E-state index in [1.807, 2.05) is 0 Å². The van der Waals surface area contributed by atoms with Crippen molar-refractivity contribution in [2.75, 3.05) is 26.2 Å². The van der Waals surface area contributed by atoms with E-state index in [0.29, 0.717) is 5.79 Å². The van der Waals surface area contributed by atoms with Crippen LogP contribution in [0.4, 0.5) is 0 Å². The molecule has 188 valence electrons. The van der Waals surface area contributed by atoms with E-state index >= 15 is 0 Å². The molecule has 0 unspecified atom stereocenters. The normalized spacial score (nSPS) is 12.0. The monoisotopic (exact) mass is 478 g/mol. The molecule has 3 heteroatoms. The van der Waals surface area contributed by atoms with Gasteiger partial charge in [0, 0.05) is 0 Å². The molecule has 0 spiro atoms. The zero-order valence-corrected chi connectivity index (χ0v) is 24.0. The Balaban J connectivity index is 2.26. The minimum atomic E-state index is -0.485. The van der Waals surface area contributed by atoms with Crippen molar-refractivity contribution in [3.63, 3.8) is 0 Å². The van der Waals surface area contributed by atoms with Gasteiger partial charge in [0.2, 0.25) is 0 Å². The van der Waals surface area contributed by atoms with Crippen LogP contribution in [0.1, 0.15) is 90.2 Å². The smallest absolute Gasteiger partial charge is 0.0922 e. The molecule has 0 aromatic heterocycles. The van der Waals surface area contributed by atoms with Gasteiger partial charge < -0.3 is 0 Å². The molecule has 2 nitrogen and oxygen atoms in total.